The first kappa shape index (κ1) is 38.8. The van der Waals surface area contributed by atoms with Gasteiger partial charge in [0.15, 0.2) is 30.7 Å². The molecule has 3 rings (SSSR count). The lowest BCUT2D eigenvalue weighted by molar-refractivity contribution is -0.384. The third-order valence-corrected chi connectivity index (χ3v) is 6.94. The Hall–Kier alpha value is -4.62. The van der Waals surface area contributed by atoms with Crippen molar-refractivity contribution in [2.45, 2.75) is 89.4 Å². The van der Waals surface area contributed by atoms with E-state index in [9.17, 15) is 44.1 Å². The number of carbonyl (C=O) groups excluding carboxylic acids is 6. The lowest BCUT2D eigenvalue weighted by Gasteiger charge is -2.45. The van der Waals surface area contributed by atoms with E-state index in [0.29, 0.717) is 5.56 Å². The SMILES string of the molecule is CC(=O)OC[C@H]1O[C@H](O[C@]2(COC(C)=O)O[C@H](COC(=O)/C=C/c3ccc(O)cc3)[C@H](OC(C)=O)[C@H]2O)[C@H](O)[C@@H](OC(C)=O)[C@@H]1OC(C)=O. The molecule has 2 aliphatic rings. The van der Waals surface area contributed by atoms with Crippen LogP contribution < -0.4 is 0 Å². The molecule has 18 nitrogen and oxygen atoms in total. The van der Waals surface area contributed by atoms with Crippen molar-refractivity contribution >= 4 is 41.9 Å². The summed E-state index contributed by atoms with van der Waals surface area (Å²) in [6, 6.07) is 5.88. The van der Waals surface area contributed by atoms with Crippen LogP contribution in [0.2, 0.25) is 0 Å². The first-order valence-corrected chi connectivity index (χ1v) is 14.8. The van der Waals surface area contributed by atoms with Gasteiger partial charge in [0, 0.05) is 40.7 Å². The monoisotopic (exact) mass is 698 g/mol. The number of benzene rings is 1. The number of phenols is 1. The Balaban J connectivity index is 1.93. The molecule has 49 heavy (non-hydrogen) atoms. The summed E-state index contributed by atoms with van der Waals surface area (Å²) >= 11 is 0. The number of phenolic OH excluding ortho intramolecular Hbond substituents is 1. The first-order valence-electron chi connectivity index (χ1n) is 14.8. The smallest absolute Gasteiger partial charge is 0.330 e. The number of hydrogen-bond donors (Lipinski definition) is 3. The zero-order valence-electron chi connectivity index (χ0n) is 27.2. The Morgan fingerprint density at radius 2 is 1.29 bits per heavy atom. The lowest BCUT2D eigenvalue weighted by atomic mass is 9.98. The zero-order valence-corrected chi connectivity index (χ0v) is 27.2. The molecule has 0 aliphatic carbocycles. The second-order valence-corrected chi connectivity index (χ2v) is 10.9. The summed E-state index contributed by atoms with van der Waals surface area (Å²) in [7, 11) is 0. The van der Waals surface area contributed by atoms with Gasteiger partial charge in [0.25, 0.3) is 0 Å². The van der Waals surface area contributed by atoms with Gasteiger partial charge in [0.1, 0.15) is 43.9 Å². The molecular formula is C31H38O18. The summed E-state index contributed by atoms with van der Waals surface area (Å²) in [4.78, 5) is 71.9. The number of aliphatic hydroxyl groups excluding tert-OH is 2. The maximum absolute atomic E-state index is 12.5. The molecule has 0 spiro atoms. The Labute approximate surface area is 279 Å². The molecule has 2 fully saturated rings. The van der Waals surface area contributed by atoms with Gasteiger partial charge in [-0.25, -0.2) is 4.79 Å². The molecule has 2 heterocycles. The molecule has 0 saturated carbocycles. The number of ether oxygens (including phenoxy) is 9. The van der Waals surface area contributed by atoms with Gasteiger partial charge in [-0.05, 0) is 23.8 Å². The highest BCUT2D eigenvalue weighted by Gasteiger charge is 2.62. The molecule has 0 aromatic heterocycles. The van der Waals surface area contributed by atoms with Gasteiger partial charge < -0.3 is 58.0 Å². The minimum atomic E-state index is -2.50. The van der Waals surface area contributed by atoms with E-state index >= 15 is 0 Å². The first-order chi connectivity index (χ1) is 23.0. The fourth-order valence-corrected chi connectivity index (χ4v) is 4.90. The molecule has 270 valence electrons. The largest absolute Gasteiger partial charge is 0.508 e. The number of esters is 6. The number of carbonyl (C=O) groups is 6. The molecule has 0 radical (unpaired) electrons. The zero-order chi connectivity index (χ0) is 36.5. The van der Waals surface area contributed by atoms with Crippen molar-refractivity contribution in [3.05, 3.63) is 35.9 Å². The van der Waals surface area contributed by atoms with Crippen molar-refractivity contribution in [1.29, 1.82) is 0 Å². The van der Waals surface area contributed by atoms with Gasteiger partial charge in [0.05, 0.1) is 0 Å². The Morgan fingerprint density at radius 3 is 1.86 bits per heavy atom. The van der Waals surface area contributed by atoms with Crippen molar-refractivity contribution in [1.82, 2.24) is 0 Å². The highest BCUT2D eigenvalue weighted by atomic mass is 16.8. The molecule has 1 aromatic rings. The van der Waals surface area contributed by atoms with Gasteiger partial charge in [-0.2, -0.15) is 0 Å². The standard InChI is InChI=1S/C31H38O18/c1-15(32)41-12-22-26(44-17(3)34)28(46-19(5)36)25(39)30(47-22)49-31(14-43-16(2)33)29(40)27(45-18(4)35)23(48-31)13-42-24(38)11-8-20-6-9-21(37)10-7-20/h6-11,22-23,25-30,37,39-40H,12-14H2,1-5H3/b11-8+/t22-,23-,25-,26-,27+,28-,29-,30-,31+/m1/s1. The van der Waals surface area contributed by atoms with Crippen LogP contribution in [0.3, 0.4) is 0 Å². The van der Waals surface area contributed by atoms with E-state index in [4.69, 9.17) is 42.6 Å². The highest BCUT2D eigenvalue weighted by molar-refractivity contribution is 5.87. The van der Waals surface area contributed by atoms with E-state index in [1.807, 2.05) is 0 Å². The van der Waals surface area contributed by atoms with E-state index in [1.54, 1.807) is 0 Å². The summed E-state index contributed by atoms with van der Waals surface area (Å²) in [6.45, 7) is 3.03. The molecule has 3 N–H and O–H groups in total. The predicted molar refractivity (Wildman–Crippen MR) is 157 cm³/mol. The minimum Gasteiger partial charge on any atom is -0.508 e. The molecule has 0 unspecified atom stereocenters. The van der Waals surface area contributed by atoms with Crippen molar-refractivity contribution in [3.63, 3.8) is 0 Å². The van der Waals surface area contributed by atoms with E-state index < -0.39 is 110 Å². The van der Waals surface area contributed by atoms with E-state index in [1.165, 1.54) is 30.3 Å². The van der Waals surface area contributed by atoms with Gasteiger partial charge in [-0.15, -0.1) is 0 Å². The average molecular weight is 699 g/mol. The van der Waals surface area contributed by atoms with Gasteiger partial charge >= 0.3 is 35.8 Å². The van der Waals surface area contributed by atoms with Crippen molar-refractivity contribution in [2.24, 2.45) is 0 Å². The van der Waals surface area contributed by atoms with E-state index in [-0.39, 0.29) is 5.75 Å². The predicted octanol–water partition coefficient (Wildman–Crippen LogP) is -0.572. The van der Waals surface area contributed by atoms with Crippen LogP contribution in [0.25, 0.3) is 6.08 Å². The molecule has 18 heteroatoms. The van der Waals surface area contributed by atoms with E-state index in [0.717, 1.165) is 40.7 Å². The lowest BCUT2D eigenvalue weighted by Crippen LogP contribution is -2.64. The highest BCUT2D eigenvalue weighted by Crippen LogP contribution is 2.39. The summed E-state index contributed by atoms with van der Waals surface area (Å²) in [6.07, 6.45) is -11.2. The number of rotatable bonds is 13. The second kappa shape index (κ2) is 17.2. The van der Waals surface area contributed by atoms with Crippen LogP contribution in [0, 0.1) is 0 Å². The van der Waals surface area contributed by atoms with Crippen LogP contribution in [-0.4, -0.2) is 126 Å². The molecule has 2 aliphatic heterocycles. The Kier molecular flexibility index (Phi) is 13.6. The fourth-order valence-electron chi connectivity index (χ4n) is 4.90. The van der Waals surface area contributed by atoms with Gasteiger partial charge in [-0.3, -0.25) is 24.0 Å². The van der Waals surface area contributed by atoms with Crippen molar-refractivity contribution in [2.75, 3.05) is 19.8 Å². The molecule has 9 atom stereocenters. The topological polar surface area (TPSA) is 246 Å². The maximum Gasteiger partial charge on any atom is 0.330 e. The van der Waals surface area contributed by atoms with Crippen molar-refractivity contribution in [3.8, 4) is 5.75 Å². The van der Waals surface area contributed by atoms with E-state index in [2.05, 4.69) is 0 Å². The summed E-state index contributed by atoms with van der Waals surface area (Å²) in [5.74, 6) is -7.69. The second-order valence-electron chi connectivity index (χ2n) is 10.9. The number of aromatic hydroxyl groups is 1. The Bertz CT molecular complexity index is 1390. The number of aliphatic hydroxyl groups is 2. The van der Waals surface area contributed by atoms with Crippen LogP contribution in [0.15, 0.2) is 30.3 Å². The number of hydrogen-bond acceptors (Lipinski definition) is 18. The van der Waals surface area contributed by atoms with Gasteiger partial charge in [-0.1, -0.05) is 12.1 Å². The molecular weight excluding hydrogens is 660 g/mol. The average Bonchev–Trinajstić information content (AvgIpc) is 3.26. The quantitative estimate of drug-likeness (QED) is 0.133. The summed E-state index contributed by atoms with van der Waals surface area (Å²) in [5, 5.41) is 32.1. The summed E-state index contributed by atoms with van der Waals surface area (Å²) < 4.78 is 48.7. The van der Waals surface area contributed by atoms with Crippen molar-refractivity contribution < 1.29 is 86.7 Å². The van der Waals surface area contributed by atoms with Crippen LogP contribution in [-0.2, 0) is 71.4 Å². The summed E-state index contributed by atoms with van der Waals surface area (Å²) in [5.41, 5.74) is 0.551. The molecule has 1 aromatic carbocycles. The molecule has 2 saturated heterocycles. The minimum absolute atomic E-state index is 0.0183. The van der Waals surface area contributed by atoms with Crippen LogP contribution in [0.4, 0.5) is 0 Å². The third-order valence-electron chi connectivity index (χ3n) is 6.94. The van der Waals surface area contributed by atoms with Gasteiger partial charge in [0.2, 0.25) is 5.79 Å². The maximum atomic E-state index is 12.5. The Morgan fingerprint density at radius 1 is 0.735 bits per heavy atom. The molecule has 0 amide bonds. The van der Waals surface area contributed by atoms with Crippen LogP contribution in [0.1, 0.15) is 40.2 Å². The molecule has 0 bridgehead atoms. The van der Waals surface area contributed by atoms with Crippen LogP contribution in [0.5, 0.6) is 5.75 Å². The third kappa shape index (κ3) is 10.9. The fraction of sp³-hybridized carbons (Fsp3) is 0.548. The van der Waals surface area contributed by atoms with Crippen LogP contribution >= 0.6 is 0 Å². The normalized spacial score (nSPS) is 29.4.